The number of nitrogens with zero attached hydrogens (tertiary/aromatic N) is 3. The molecule has 0 saturated carbocycles. The van der Waals surface area contributed by atoms with Gasteiger partial charge in [0, 0.05) is 37.6 Å². The van der Waals surface area contributed by atoms with Crippen molar-refractivity contribution in [3.05, 3.63) is 66.5 Å². The fourth-order valence-electron chi connectivity index (χ4n) is 4.65. The molecule has 1 amide bonds. The summed E-state index contributed by atoms with van der Waals surface area (Å²) in [5.74, 6) is 0.661. The molecule has 0 bridgehead atoms. The van der Waals surface area contributed by atoms with E-state index < -0.39 is 33.9 Å². The van der Waals surface area contributed by atoms with E-state index in [4.69, 9.17) is 0 Å². The molecular weight excluding hydrogens is 549 g/mol. The van der Waals surface area contributed by atoms with Crippen LogP contribution in [-0.2, 0) is 21.0 Å². The van der Waals surface area contributed by atoms with Gasteiger partial charge in [0.1, 0.15) is 17.7 Å². The van der Waals surface area contributed by atoms with Crippen LogP contribution in [0.25, 0.3) is 11.1 Å². The Labute approximate surface area is 228 Å². The van der Waals surface area contributed by atoms with Crippen molar-refractivity contribution in [3.63, 3.8) is 0 Å². The van der Waals surface area contributed by atoms with Crippen LogP contribution >= 0.6 is 0 Å². The number of hydrogen-bond acceptors (Lipinski definition) is 8. The van der Waals surface area contributed by atoms with Gasteiger partial charge in [-0.2, -0.15) is 17.5 Å². The Morgan fingerprint density at radius 2 is 1.60 bits per heavy atom. The number of amides is 1. The molecule has 4 N–H and O–H groups in total. The second-order valence-corrected chi connectivity index (χ2v) is 11.6. The Morgan fingerprint density at radius 1 is 0.925 bits per heavy atom. The van der Waals surface area contributed by atoms with Crippen molar-refractivity contribution in [2.45, 2.75) is 42.1 Å². The maximum Gasteiger partial charge on any atom is 0.417 e. The highest BCUT2D eigenvalue weighted by Gasteiger charge is 2.35. The number of piperidine rings is 1. The van der Waals surface area contributed by atoms with Crippen molar-refractivity contribution >= 4 is 27.6 Å². The summed E-state index contributed by atoms with van der Waals surface area (Å²) in [7, 11) is -3.90. The molecule has 5 rings (SSSR count). The molecule has 2 saturated heterocycles. The van der Waals surface area contributed by atoms with E-state index in [2.05, 4.69) is 25.9 Å². The van der Waals surface area contributed by atoms with Crippen molar-refractivity contribution in [2.75, 3.05) is 30.3 Å². The number of carbonyl (C=O) groups is 1. The van der Waals surface area contributed by atoms with E-state index in [1.807, 2.05) is 6.07 Å². The van der Waals surface area contributed by atoms with Gasteiger partial charge in [-0.25, -0.2) is 18.4 Å². The molecule has 10 nitrogen and oxygen atoms in total. The lowest BCUT2D eigenvalue weighted by atomic mass is 10.0. The van der Waals surface area contributed by atoms with Crippen LogP contribution in [0.2, 0.25) is 0 Å². The molecule has 3 aromatic rings. The summed E-state index contributed by atoms with van der Waals surface area (Å²) in [6, 6.07) is 11.1. The molecule has 0 unspecified atom stereocenters. The number of pyridine rings is 2. The molecule has 2 aliphatic rings. The molecule has 3 atom stereocenters. The molecule has 14 heteroatoms. The number of aliphatic hydroxyl groups is 1. The van der Waals surface area contributed by atoms with Gasteiger partial charge in [0.25, 0.3) is 0 Å². The number of aliphatic hydroxyl groups excluding tert-OH is 1. The summed E-state index contributed by atoms with van der Waals surface area (Å²) in [5.41, 5.74) is 0.638. The number of anilines is 2. The highest BCUT2D eigenvalue weighted by molar-refractivity contribution is 7.89. The van der Waals surface area contributed by atoms with Gasteiger partial charge in [-0.1, -0.05) is 12.1 Å². The van der Waals surface area contributed by atoms with Gasteiger partial charge in [0.15, 0.2) is 0 Å². The van der Waals surface area contributed by atoms with E-state index in [9.17, 15) is 31.5 Å². The van der Waals surface area contributed by atoms with Crippen LogP contribution in [0.5, 0.6) is 0 Å². The number of sulfonamides is 1. The van der Waals surface area contributed by atoms with Crippen molar-refractivity contribution < 1.29 is 31.5 Å². The fraction of sp³-hybridized carbons (Fsp3) is 0.346. The fourth-order valence-corrected chi connectivity index (χ4v) is 6.13. The standard InChI is InChI=1S/C26H27F3N6O4S/c27-26(28,29)18-4-8-24(32-14-18)33-20-10-12-35(15-22(20)36)40(38,39)19-5-1-16(2-6-19)17-3-7-23(31-13-17)34-21-9-11-30-25(21)37/h1-8,13-14,20-22,36H,9-12,15H2,(H,30,37)(H,31,34)(H,32,33)/t20-,21-,22+/m1/s1. The van der Waals surface area contributed by atoms with E-state index in [0.717, 1.165) is 17.2 Å². The highest BCUT2D eigenvalue weighted by atomic mass is 32.2. The van der Waals surface area contributed by atoms with Crippen LogP contribution < -0.4 is 16.0 Å². The number of aromatic nitrogens is 2. The lowest BCUT2D eigenvalue weighted by molar-refractivity contribution is -0.137. The summed E-state index contributed by atoms with van der Waals surface area (Å²) >= 11 is 0. The van der Waals surface area contributed by atoms with E-state index in [1.54, 1.807) is 24.4 Å². The topological polar surface area (TPSA) is 137 Å². The van der Waals surface area contributed by atoms with Gasteiger partial charge < -0.3 is 21.1 Å². The second kappa shape index (κ2) is 11.0. The second-order valence-electron chi connectivity index (χ2n) is 9.63. The Balaban J connectivity index is 1.19. The van der Waals surface area contributed by atoms with E-state index in [1.165, 1.54) is 22.5 Å². The summed E-state index contributed by atoms with van der Waals surface area (Å²) in [5, 5.41) is 19.3. The first-order valence-corrected chi connectivity index (χ1v) is 14.0. The molecule has 4 heterocycles. The minimum Gasteiger partial charge on any atom is -0.390 e. The maximum absolute atomic E-state index is 13.2. The Morgan fingerprint density at radius 3 is 2.17 bits per heavy atom. The minimum absolute atomic E-state index is 0.0631. The smallest absolute Gasteiger partial charge is 0.390 e. The van der Waals surface area contributed by atoms with Crippen molar-refractivity contribution in [1.29, 1.82) is 0 Å². The Hall–Kier alpha value is -3.75. The van der Waals surface area contributed by atoms with Gasteiger partial charge in [0.2, 0.25) is 15.9 Å². The molecule has 0 aliphatic carbocycles. The minimum atomic E-state index is -4.50. The normalized spacial score (nSPS) is 22.1. The number of hydrogen-bond donors (Lipinski definition) is 4. The summed E-state index contributed by atoms with van der Waals surface area (Å²) in [6.07, 6.45) is -2.35. The molecule has 1 aromatic carbocycles. The Bertz CT molecular complexity index is 1450. The predicted molar refractivity (Wildman–Crippen MR) is 141 cm³/mol. The number of β-amino-alcohol motifs (C(OH)–C–C–N with tert-alkyl or cyclic N) is 1. The third kappa shape index (κ3) is 6.03. The lowest BCUT2D eigenvalue weighted by Gasteiger charge is -2.35. The van der Waals surface area contributed by atoms with Gasteiger partial charge >= 0.3 is 6.18 Å². The first-order chi connectivity index (χ1) is 19.0. The lowest BCUT2D eigenvalue weighted by Crippen LogP contribution is -2.51. The summed E-state index contributed by atoms with van der Waals surface area (Å²) < 4.78 is 65.9. The SMILES string of the molecule is O=C1NCC[C@H]1Nc1ccc(-c2ccc(S(=O)(=O)N3CC[C@@H](Nc4ccc(C(F)(F)F)cn4)[C@@H](O)C3)cc2)cn1. The number of carbonyl (C=O) groups excluding carboxylic acids is 1. The third-order valence-electron chi connectivity index (χ3n) is 6.93. The van der Waals surface area contributed by atoms with Crippen LogP contribution in [0.4, 0.5) is 24.8 Å². The maximum atomic E-state index is 13.2. The van der Waals surface area contributed by atoms with Gasteiger partial charge in [-0.15, -0.1) is 0 Å². The van der Waals surface area contributed by atoms with E-state index in [-0.39, 0.29) is 42.2 Å². The zero-order valence-electron chi connectivity index (χ0n) is 21.1. The first-order valence-electron chi connectivity index (χ1n) is 12.6. The van der Waals surface area contributed by atoms with Crippen molar-refractivity contribution in [3.8, 4) is 11.1 Å². The zero-order chi connectivity index (χ0) is 28.5. The summed E-state index contributed by atoms with van der Waals surface area (Å²) in [6.45, 7) is 0.550. The number of benzene rings is 1. The van der Waals surface area contributed by atoms with Crippen molar-refractivity contribution in [1.82, 2.24) is 19.6 Å². The van der Waals surface area contributed by atoms with Crippen molar-refractivity contribution in [2.24, 2.45) is 0 Å². The molecular formula is C26H27F3N6O4S. The number of halogens is 3. The molecule has 2 aromatic heterocycles. The van der Waals surface area contributed by atoms with Crippen LogP contribution in [0.1, 0.15) is 18.4 Å². The largest absolute Gasteiger partial charge is 0.417 e. The molecule has 2 fully saturated rings. The summed E-state index contributed by atoms with van der Waals surface area (Å²) in [4.78, 5) is 19.9. The van der Waals surface area contributed by atoms with Crippen LogP contribution in [0, 0.1) is 0 Å². The molecule has 40 heavy (non-hydrogen) atoms. The number of nitrogens with one attached hydrogen (secondary N) is 3. The molecule has 0 radical (unpaired) electrons. The van der Waals surface area contributed by atoms with E-state index in [0.29, 0.717) is 25.0 Å². The quantitative estimate of drug-likeness (QED) is 0.337. The number of alkyl halides is 3. The van der Waals surface area contributed by atoms with Gasteiger partial charge in [0.05, 0.1) is 22.6 Å². The highest BCUT2D eigenvalue weighted by Crippen LogP contribution is 2.30. The Kier molecular flexibility index (Phi) is 7.66. The number of rotatable bonds is 7. The monoisotopic (exact) mass is 576 g/mol. The predicted octanol–water partition coefficient (Wildman–Crippen LogP) is 2.70. The van der Waals surface area contributed by atoms with E-state index >= 15 is 0 Å². The van der Waals surface area contributed by atoms with Crippen LogP contribution in [-0.4, -0.2) is 71.5 Å². The first kappa shape index (κ1) is 27.8. The van der Waals surface area contributed by atoms with Crippen LogP contribution in [0.15, 0.2) is 65.8 Å². The molecule has 0 spiro atoms. The average molecular weight is 577 g/mol. The van der Waals surface area contributed by atoms with Gasteiger partial charge in [-0.05, 0) is 54.8 Å². The zero-order valence-corrected chi connectivity index (χ0v) is 21.9. The molecule has 212 valence electrons. The molecule has 2 aliphatic heterocycles. The van der Waals surface area contributed by atoms with Crippen LogP contribution in [0.3, 0.4) is 0 Å². The van der Waals surface area contributed by atoms with Gasteiger partial charge in [-0.3, -0.25) is 4.79 Å². The third-order valence-corrected chi connectivity index (χ3v) is 8.81. The average Bonchev–Trinajstić information content (AvgIpc) is 3.34.